The standard InChI is InChI=1S/C15H21F3N2O/c1-11(2)19-9-12-6-7-20(10-12)13-4-3-5-14(8-13)21-15(16,17)18/h3-5,8,11-12,19H,6-7,9-10H2,1-2H3. The van der Waals surface area contributed by atoms with Crippen molar-refractivity contribution in [2.75, 3.05) is 24.5 Å². The highest BCUT2D eigenvalue weighted by atomic mass is 19.4. The van der Waals surface area contributed by atoms with Gasteiger partial charge in [-0.15, -0.1) is 13.2 Å². The maximum atomic E-state index is 12.2. The normalized spacial score (nSPS) is 19.3. The number of benzene rings is 1. The fourth-order valence-electron chi connectivity index (χ4n) is 2.51. The van der Waals surface area contributed by atoms with Gasteiger partial charge in [0.25, 0.3) is 0 Å². The Morgan fingerprint density at radius 2 is 2.14 bits per heavy atom. The summed E-state index contributed by atoms with van der Waals surface area (Å²) in [6.07, 6.45) is -3.60. The molecule has 2 rings (SSSR count). The summed E-state index contributed by atoms with van der Waals surface area (Å²) in [5.74, 6) is 0.364. The van der Waals surface area contributed by atoms with Crippen LogP contribution >= 0.6 is 0 Å². The number of nitrogens with one attached hydrogen (secondary N) is 1. The number of hydrogen-bond donors (Lipinski definition) is 1. The van der Waals surface area contributed by atoms with Gasteiger partial charge in [-0.2, -0.15) is 0 Å². The molecule has 1 fully saturated rings. The summed E-state index contributed by atoms with van der Waals surface area (Å²) in [4.78, 5) is 2.11. The Labute approximate surface area is 123 Å². The molecular weight excluding hydrogens is 281 g/mol. The van der Waals surface area contributed by atoms with Gasteiger partial charge in [-0.25, -0.2) is 0 Å². The molecule has 1 heterocycles. The summed E-state index contributed by atoms with van der Waals surface area (Å²) in [6.45, 7) is 6.86. The summed E-state index contributed by atoms with van der Waals surface area (Å²) < 4.78 is 40.7. The smallest absolute Gasteiger partial charge is 0.406 e. The molecule has 1 unspecified atom stereocenters. The van der Waals surface area contributed by atoms with Gasteiger partial charge >= 0.3 is 6.36 Å². The molecule has 1 saturated heterocycles. The third-order valence-corrected chi connectivity index (χ3v) is 3.52. The molecule has 3 nitrogen and oxygen atoms in total. The summed E-state index contributed by atoms with van der Waals surface area (Å²) >= 11 is 0. The number of alkyl halides is 3. The minimum absolute atomic E-state index is 0.163. The molecule has 0 aliphatic carbocycles. The summed E-state index contributed by atoms with van der Waals surface area (Å²) in [5.41, 5.74) is 0.781. The van der Waals surface area contributed by atoms with Crippen LogP contribution in [0.15, 0.2) is 24.3 Å². The zero-order chi connectivity index (χ0) is 15.5. The first-order valence-corrected chi connectivity index (χ1v) is 7.17. The van der Waals surface area contributed by atoms with Gasteiger partial charge < -0.3 is 15.0 Å². The quantitative estimate of drug-likeness (QED) is 0.902. The third-order valence-electron chi connectivity index (χ3n) is 3.52. The van der Waals surface area contributed by atoms with Crippen LogP contribution < -0.4 is 15.0 Å². The van der Waals surface area contributed by atoms with Crippen LogP contribution in [0.3, 0.4) is 0 Å². The molecule has 1 N–H and O–H groups in total. The van der Waals surface area contributed by atoms with Crippen LogP contribution in [-0.2, 0) is 0 Å². The van der Waals surface area contributed by atoms with Crippen LogP contribution in [0.2, 0.25) is 0 Å². The van der Waals surface area contributed by atoms with Crippen molar-refractivity contribution in [1.82, 2.24) is 5.32 Å². The predicted octanol–water partition coefficient (Wildman–Crippen LogP) is 3.41. The Kier molecular flexibility index (Phi) is 4.98. The van der Waals surface area contributed by atoms with E-state index >= 15 is 0 Å². The molecule has 0 radical (unpaired) electrons. The molecule has 0 saturated carbocycles. The molecule has 1 atom stereocenters. The fourth-order valence-corrected chi connectivity index (χ4v) is 2.51. The largest absolute Gasteiger partial charge is 0.573 e. The van der Waals surface area contributed by atoms with Crippen molar-refractivity contribution in [2.45, 2.75) is 32.7 Å². The van der Waals surface area contributed by atoms with Crippen molar-refractivity contribution in [3.05, 3.63) is 24.3 Å². The molecule has 1 aromatic rings. The molecule has 0 bridgehead atoms. The predicted molar refractivity (Wildman–Crippen MR) is 76.6 cm³/mol. The highest BCUT2D eigenvalue weighted by Gasteiger charge is 2.31. The molecule has 0 spiro atoms. The second-order valence-electron chi connectivity index (χ2n) is 5.71. The van der Waals surface area contributed by atoms with Crippen molar-refractivity contribution in [3.8, 4) is 5.75 Å². The second kappa shape index (κ2) is 6.56. The number of anilines is 1. The van der Waals surface area contributed by atoms with E-state index in [1.165, 1.54) is 12.1 Å². The van der Waals surface area contributed by atoms with E-state index < -0.39 is 6.36 Å². The lowest BCUT2D eigenvalue weighted by molar-refractivity contribution is -0.274. The molecule has 1 aliphatic heterocycles. The number of ether oxygens (including phenoxy) is 1. The van der Waals surface area contributed by atoms with E-state index in [4.69, 9.17) is 0 Å². The van der Waals surface area contributed by atoms with Gasteiger partial charge in [-0.1, -0.05) is 19.9 Å². The van der Waals surface area contributed by atoms with Gasteiger partial charge in [0.15, 0.2) is 0 Å². The van der Waals surface area contributed by atoms with Crippen LogP contribution in [0.5, 0.6) is 5.75 Å². The van der Waals surface area contributed by atoms with Crippen LogP contribution in [0.4, 0.5) is 18.9 Å². The van der Waals surface area contributed by atoms with Crippen LogP contribution in [0.25, 0.3) is 0 Å². The van der Waals surface area contributed by atoms with E-state index in [0.29, 0.717) is 12.0 Å². The van der Waals surface area contributed by atoms with E-state index in [1.807, 2.05) is 6.07 Å². The Morgan fingerprint density at radius 1 is 1.38 bits per heavy atom. The molecule has 1 aliphatic rings. The highest BCUT2D eigenvalue weighted by Crippen LogP contribution is 2.29. The van der Waals surface area contributed by atoms with Crippen molar-refractivity contribution in [1.29, 1.82) is 0 Å². The minimum atomic E-state index is -4.65. The van der Waals surface area contributed by atoms with Crippen molar-refractivity contribution in [2.24, 2.45) is 5.92 Å². The molecule has 0 amide bonds. The lowest BCUT2D eigenvalue weighted by Gasteiger charge is -2.20. The number of nitrogens with zero attached hydrogens (tertiary/aromatic N) is 1. The summed E-state index contributed by atoms with van der Waals surface area (Å²) in [7, 11) is 0. The van der Waals surface area contributed by atoms with Gasteiger partial charge in [-0.05, 0) is 31.0 Å². The van der Waals surface area contributed by atoms with Gasteiger partial charge in [0.2, 0.25) is 0 Å². The minimum Gasteiger partial charge on any atom is -0.406 e. The van der Waals surface area contributed by atoms with Gasteiger partial charge in [0.1, 0.15) is 5.75 Å². The molecule has 0 aromatic heterocycles. The van der Waals surface area contributed by atoms with E-state index in [1.54, 1.807) is 6.07 Å². The molecule has 6 heteroatoms. The number of hydrogen-bond acceptors (Lipinski definition) is 3. The Hall–Kier alpha value is -1.43. The highest BCUT2D eigenvalue weighted by molar-refractivity contribution is 5.51. The second-order valence-corrected chi connectivity index (χ2v) is 5.71. The average molecular weight is 302 g/mol. The molecular formula is C15H21F3N2O. The first kappa shape index (κ1) is 15.9. The molecule has 118 valence electrons. The zero-order valence-corrected chi connectivity index (χ0v) is 12.3. The van der Waals surface area contributed by atoms with Crippen molar-refractivity contribution >= 4 is 5.69 Å². The van der Waals surface area contributed by atoms with Gasteiger partial charge in [0, 0.05) is 30.9 Å². The van der Waals surface area contributed by atoms with E-state index in [-0.39, 0.29) is 5.75 Å². The van der Waals surface area contributed by atoms with E-state index in [2.05, 4.69) is 28.8 Å². The summed E-state index contributed by atoms with van der Waals surface area (Å²) in [5, 5.41) is 3.40. The monoisotopic (exact) mass is 302 g/mol. The van der Waals surface area contributed by atoms with Crippen molar-refractivity contribution in [3.63, 3.8) is 0 Å². The van der Waals surface area contributed by atoms with Crippen LogP contribution in [0, 0.1) is 5.92 Å². The lowest BCUT2D eigenvalue weighted by atomic mass is 10.1. The van der Waals surface area contributed by atoms with E-state index in [9.17, 15) is 13.2 Å². The first-order chi connectivity index (χ1) is 9.83. The van der Waals surface area contributed by atoms with E-state index in [0.717, 1.165) is 31.7 Å². The number of halogens is 3. The summed E-state index contributed by atoms with van der Waals surface area (Å²) in [6, 6.07) is 6.64. The lowest BCUT2D eigenvalue weighted by Crippen LogP contribution is -2.30. The maximum absolute atomic E-state index is 12.2. The SMILES string of the molecule is CC(C)NCC1CCN(c2cccc(OC(F)(F)F)c2)C1. The third kappa shape index (κ3) is 5.12. The first-order valence-electron chi connectivity index (χ1n) is 7.17. The van der Waals surface area contributed by atoms with Gasteiger partial charge in [-0.3, -0.25) is 0 Å². The Bertz CT molecular complexity index is 462. The van der Waals surface area contributed by atoms with Crippen molar-refractivity contribution < 1.29 is 17.9 Å². The fraction of sp³-hybridized carbons (Fsp3) is 0.600. The molecule has 21 heavy (non-hydrogen) atoms. The van der Waals surface area contributed by atoms with Crippen LogP contribution in [0.1, 0.15) is 20.3 Å². The zero-order valence-electron chi connectivity index (χ0n) is 12.3. The Morgan fingerprint density at radius 3 is 2.81 bits per heavy atom. The topological polar surface area (TPSA) is 24.5 Å². The maximum Gasteiger partial charge on any atom is 0.573 e. The van der Waals surface area contributed by atoms with Gasteiger partial charge in [0.05, 0.1) is 0 Å². The Balaban J connectivity index is 1.95. The molecule has 1 aromatic carbocycles. The number of rotatable bonds is 5. The average Bonchev–Trinajstić information content (AvgIpc) is 2.83. The van der Waals surface area contributed by atoms with Crippen LogP contribution in [-0.4, -0.2) is 32.0 Å².